The Hall–Kier alpha value is -1.80. The lowest BCUT2D eigenvalue weighted by Crippen LogP contribution is -2.35. The highest BCUT2D eigenvalue weighted by atomic mass is 19.4. The molecule has 21 heavy (non-hydrogen) atoms. The fourth-order valence-electron chi connectivity index (χ4n) is 1.54. The Bertz CT molecular complexity index is 441. The van der Waals surface area contributed by atoms with Gasteiger partial charge >= 0.3 is 12.2 Å². The lowest BCUT2D eigenvalue weighted by atomic mass is 10.5. The Labute approximate surface area is 121 Å². The molecule has 1 aromatic rings. The minimum Gasteiger partial charge on any atom is -0.464 e. The third-order valence-electron chi connectivity index (χ3n) is 2.44. The lowest BCUT2D eigenvalue weighted by Gasteiger charge is -2.22. The molecule has 0 radical (unpaired) electrons. The van der Waals surface area contributed by atoms with Crippen LogP contribution in [0.4, 0.5) is 25.1 Å². The number of nitrogens with one attached hydrogen (secondary N) is 1. The van der Waals surface area contributed by atoms with Crippen LogP contribution in [0.1, 0.15) is 27.2 Å². The van der Waals surface area contributed by atoms with Crippen molar-refractivity contribution in [1.82, 2.24) is 15.0 Å². The van der Waals surface area contributed by atoms with Crippen LogP contribution in [0, 0.1) is 0 Å². The first-order valence-electron chi connectivity index (χ1n) is 6.84. The molecule has 1 aromatic heterocycles. The number of nitrogens with zero attached hydrogens (tertiary/aromatic N) is 4. The van der Waals surface area contributed by atoms with E-state index in [9.17, 15) is 13.2 Å². The molecule has 0 spiro atoms. The number of anilines is 2. The van der Waals surface area contributed by atoms with Crippen LogP contribution < -0.4 is 15.0 Å². The summed E-state index contributed by atoms with van der Waals surface area (Å²) in [6, 6.07) is 0.0155. The number of rotatable bonds is 8. The quantitative estimate of drug-likeness (QED) is 0.796. The Morgan fingerprint density at radius 1 is 1.14 bits per heavy atom. The second-order valence-electron chi connectivity index (χ2n) is 4.23. The summed E-state index contributed by atoms with van der Waals surface area (Å²) in [5, 5.41) is 2.93. The maximum Gasteiger partial charge on any atom is 0.406 e. The minimum absolute atomic E-state index is 0.0155. The summed E-state index contributed by atoms with van der Waals surface area (Å²) < 4.78 is 42.9. The summed E-state index contributed by atoms with van der Waals surface area (Å²) >= 11 is 0. The number of aromatic nitrogens is 3. The number of halogens is 3. The van der Waals surface area contributed by atoms with E-state index in [0.717, 1.165) is 11.3 Å². The van der Waals surface area contributed by atoms with Gasteiger partial charge < -0.3 is 15.0 Å². The van der Waals surface area contributed by atoms with Crippen LogP contribution in [-0.2, 0) is 0 Å². The molecule has 0 unspecified atom stereocenters. The third kappa shape index (κ3) is 6.01. The van der Waals surface area contributed by atoms with Crippen molar-refractivity contribution in [1.29, 1.82) is 0 Å². The van der Waals surface area contributed by atoms with E-state index >= 15 is 0 Å². The number of alkyl halides is 3. The lowest BCUT2D eigenvalue weighted by molar-refractivity contribution is -0.119. The molecule has 0 atom stereocenters. The van der Waals surface area contributed by atoms with Crippen LogP contribution in [0.15, 0.2) is 0 Å². The molecule has 1 rings (SSSR count). The molecular weight excluding hydrogens is 287 g/mol. The molecule has 0 aliphatic heterocycles. The molecule has 0 fully saturated rings. The zero-order chi connectivity index (χ0) is 15.9. The van der Waals surface area contributed by atoms with Crippen LogP contribution in [0.3, 0.4) is 0 Å². The molecule has 9 heteroatoms. The van der Waals surface area contributed by atoms with Gasteiger partial charge in [-0.1, -0.05) is 6.92 Å². The van der Waals surface area contributed by atoms with Gasteiger partial charge in [0.15, 0.2) is 0 Å². The van der Waals surface area contributed by atoms with Crippen molar-refractivity contribution >= 4 is 11.9 Å². The number of ether oxygens (including phenoxy) is 1. The highest BCUT2D eigenvalue weighted by Gasteiger charge is 2.31. The summed E-state index contributed by atoms with van der Waals surface area (Å²) in [6.07, 6.45) is -3.49. The predicted octanol–water partition coefficient (Wildman–Crippen LogP) is 2.48. The topological polar surface area (TPSA) is 63.2 Å². The molecular formula is C12H20F3N5O. The first-order valence-corrected chi connectivity index (χ1v) is 6.84. The number of hydrogen-bond acceptors (Lipinski definition) is 6. The normalized spacial score (nSPS) is 11.3. The molecule has 0 saturated heterocycles. The molecule has 1 N–H and O–H groups in total. The van der Waals surface area contributed by atoms with Gasteiger partial charge in [-0.3, -0.25) is 0 Å². The molecule has 6 nitrogen and oxygen atoms in total. The summed E-state index contributed by atoms with van der Waals surface area (Å²) in [7, 11) is 0. The van der Waals surface area contributed by atoms with Crippen LogP contribution in [-0.4, -0.2) is 47.4 Å². The first-order chi connectivity index (χ1) is 9.89. The molecule has 0 aliphatic rings. The maximum absolute atomic E-state index is 12.6. The molecule has 0 saturated carbocycles. The Kier molecular flexibility index (Phi) is 6.44. The van der Waals surface area contributed by atoms with E-state index < -0.39 is 12.7 Å². The molecule has 0 bridgehead atoms. The van der Waals surface area contributed by atoms with E-state index in [2.05, 4.69) is 20.3 Å². The van der Waals surface area contributed by atoms with Gasteiger partial charge in [0.05, 0.1) is 6.61 Å². The van der Waals surface area contributed by atoms with E-state index in [1.54, 1.807) is 13.8 Å². The van der Waals surface area contributed by atoms with Crippen molar-refractivity contribution in [3.05, 3.63) is 0 Å². The fourth-order valence-corrected chi connectivity index (χ4v) is 1.54. The van der Waals surface area contributed by atoms with Crippen molar-refractivity contribution in [3.8, 4) is 6.01 Å². The van der Waals surface area contributed by atoms with Crippen molar-refractivity contribution in [2.45, 2.75) is 33.4 Å². The van der Waals surface area contributed by atoms with E-state index in [1.807, 2.05) is 6.92 Å². The van der Waals surface area contributed by atoms with Gasteiger partial charge in [-0.25, -0.2) is 0 Å². The van der Waals surface area contributed by atoms with Crippen LogP contribution in [0.2, 0.25) is 0 Å². The van der Waals surface area contributed by atoms with Crippen molar-refractivity contribution < 1.29 is 17.9 Å². The zero-order valence-corrected chi connectivity index (χ0v) is 12.4. The Balaban J connectivity index is 3.03. The predicted molar refractivity (Wildman–Crippen MR) is 73.7 cm³/mol. The summed E-state index contributed by atoms with van der Waals surface area (Å²) in [5.41, 5.74) is 0. The second kappa shape index (κ2) is 7.84. The van der Waals surface area contributed by atoms with Gasteiger partial charge in [-0.2, -0.15) is 28.1 Å². The van der Waals surface area contributed by atoms with E-state index in [4.69, 9.17) is 4.74 Å². The largest absolute Gasteiger partial charge is 0.464 e. The van der Waals surface area contributed by atoms with Gasteiger partial charge in [-0.15, -0.1) is 0 Å². The van der Waals surface area contributed by atoms with Crippen molar-refractivity contribution in [3.63, 3.8) is 0 Å². The minimum atomic E-state index is -4.33. The Morgan fingerprint density at radius 2 is 1.86 bits per heavy atom. The van der Waals surface area contributed by atoms with E-state index in [1.165, 1.54) is 0 Å². The molecule has 0 aromatic carbocycles. The average molecular weight is 307 g/mol. The van der Waals surface area contributed by atoms with Crippen molar-refractivity contribution in [2.24, 2.45) is 0 Å². The molecule has 0 aliphatic carbocycles. The zero-order valence-electron chi connectivity index (χ0n) is 12.4. The molecule has 0 amide bonds. The van der Waals surface area contributed by atoms with Crippen molar-refractivity contribution in [2.75, 3.05) is 36.5 Å². The summed E-state index contributed by atoms with van der Waals surface area (Å²) in [5.74, 6) is 0.165. The van der Waals surface area contributed by atoms with Crippen LogP contribution in [0.5, 0.6) is 6.01 Å². The smallest absolute Gasteiger partial charge is 0.406 e. The van der Waals surface area contributed by atoms with Gasteiger partial charge in [-0.05, 0) is 20.3 Å². The Morgan fingerprint density at radius 3 is 2.38 bits per heavy atom. The average Bonchev–Trinajstić information content (AvgIpc) is 2.41. The summed E-state index contributed by atoms with van der Waals surface area (Å²) in [4.78, 5) is 13.0. The third-order valence-corrected chi connectivity index (χ3v) is 2.44. The molecule has 1 heterocycles. The van der Waals surface area contributed by atoms with E-state index in [0.29, 0.717) is 13.2 Å². The van der Waals surface area contributed by atoms with E-state index in [-0.39, 0.29) is 24.5 Å². The van der Waals surface area contributed by atoms with Gasteiger partial charge in [0.2, 0.25) is 11.9 Å². The standard InChI is InChI=1S/C12H20F3N5O/c1-4-7-16-9-17-10(19-11(18-9)21-6-3)20(5-2)8-12(13,14)15/h4-8H2,1-3H3,(H,16,17,18,19). The highest BCUT2D eigenvalue weighted by Crippen LogP contribution is 2.21. The van der Waals surface area contributed by atoms with Crippen LogP contribution >= 0.6 is 0 Å². The SMILES string of the molecule is CCCNc1nc(OCC)nc(N(CC)CC(F)(F)F)n1. The highest BCUT2D eigenvalue weighted by molar-refractivity contribution is 5.38. The van der Waals surface area contributed by atoms with Gasteiger partial charge in [0.25, 0.3) is 0 Å². The molecule has 120 valence electrons. The maximum atomic E-state index is 12.6. The van der Waals surface area contributed by atoms with Gasteiger partial charge in [0.1, 0.15) is 6.54 Å². The van der Waals surface area contributed by atoms with Gasteiger partial charge in [0, 0.05) is 13.1 Å². The monoisotopic (exact) mass is 307 g/mol. The summed E-state index contributed by atoms with van der Waals surface area (Å²) in [6.45, 7) is 5.25. The number of hydrogen-bond donors (Lipinski definition) is 1. The second-order valence-corrected chi connectivity index (χ2v) is 4.23. The van der Waals surface area contributed by atoms with Crippen LogP contribution in [0.25, 0.3) is 0 Å². The fraction of sp³-hybridized carbons (Fsp3) is 0.750. The first kappa shape index (κ1) is 17.3.